The van der Waals surface area contributed by atoms with Crippen LogP contribution >= 0.6 is 0 Å². The van der Waals surface area contributed by atoms with E-state index in [1.807, 2.05) is 0 Å². The summed E-state index contributed by atoms with van der Waals surface area (Å²) in [5.74, 6) is 1.97. The Bertz CT molecular complexity index is 218. The smallest absolute Gasteiger partial charge is 0.223 e. The molecule has 1 fully saturated rings. The lowest BCUT2D eigenvalue weighted by molar-refractivity contribution is -0.122. The third kappa shape index (κ3) is 1.62. The molecule has 0 spiro atoms. The van der Waals surface area contributed by atoms with Crippen molar-refractivity contribution in [1.29, 1.82) is 0 Å². The fourth-order valence-corrected chi connectivity index (χ4v) is 2.60. The lowest BCUT2D eigenvalue weighted by Gasteiger charge is -1.99. The van der Waals surface area contributed by atoms with Crippen molar-refractivity contribution >= 4 is 5.91 Å². The summed E-state index contributed by atoms with van der Waals surface area (Å²) in [5.41, 5.74) is 0. The summed E-state index contributed by atoms with van der Waals surface area (Å²) in [6.07, 6.45) is 9.26. The fraction of sp³-hybridized carbons (Fsp3) is 0.727. The van der Waals surface area contributed by atoms with E-state index < -0.39 is 0 Å². The Balaban J connectivity index is 1.95. The lowest BCUT2D eigenvalue weighted by Crippen LogP contribution is -2.21. The van der Waals surface area contributed by atoms with Crippen molar-refractivity contribution in [1.82, 2.24) is 5.32 Å². The average Bonchev–Trinajstić information content (AvgIpc) is 2.75. The maximum Gasteiger partial charge on any atom is 0.223 e. The Kier molecular flexibility index (Phi) is 2.38. The number of allylic oxidation sites excluding steroid dienone is 2. The molecule has 2 aliphatic rings. The normalized spacial score (nSPS) is 39.6. The zero-order chi connectivity index (χ0) is 9.26. The van der Waals surface area contributed by atoms with Crippen LogP contribution in [0, 0.1) is 17.8 Å². The molecule has 0 aromatic heterocycles. The van der Waals surface area contributed by atoms with E-state index in [-0.39, 0.29) is 5.91 Å². The van der Waals surface area contributed by atoms with Gasteiger partial charge in [-0.2, -0.15) is 0 Å². The van der Waals surface area contributed by atoms with Gasteiger partial charge in [-0.15, -0.1) is 0 Å². The summed E-state index contributed by atoms with van der Waals surface area (Å²) in [7, 11) is 1.74. The van der Waals surface area contributed by atoms with Crippen molar-refractivity contribution in [2.24, 2.45) is 17.8 Å². The van der Waals surface area contributed by atoms with Gasteiger partial charge in [0, 0.05) is 13.0 Å². The van der Waals surface area contributed by atoms with Crippen molar-refractivity contribution < 1.29 is 4.79 Å². The zero-order valence-electron chi connectivity index (χ0n) is 8.12. The molecule has 2 aliphatic carbocycles. The molecule has 0 saturated heterocycles. The maximum atomic E-state index is 11.4. The van der Waals surface area contributed by atoms with Gasteiger partial charge < -0.3 is 5.32 Å². The van der Waals surface area contributed by atoms with E-state index in [1.54, 1.807) is 7.05 Å². The minimum absolute atomic E-state index is 0.261. The van der Waals surface area contributed by atoms with E-state index >= 15 is 0 Å². The molecule has 0 aliphatic heterocycles. The van der Waals surface area contributed by atoms with Crippen LogP contribution in [0.25, 0.3) is 0 Å². The second-order valence-electron chi connectivity index (χ2n) is 4.09. The number of carbonyl (C=O) groups is 1. The van der Waals surface area contributed by atoms with E-state index in [1.165, 1.54) is 12.8 Å². The van der Waals surface area contributed by atoms with E-state index in [0.717, 1.165) is 12.8 Å². The van der Waals surface area contributed by atoms with E-state index in [0.29, 0.717) is 17.8 Å². The molecule has 1 N–H and O–H groups in total. The molecule has 2 unspecified atom stereocenters. The highest BCUT2D eigenvalue weighted by atomic mass is 16.2. The Morgan fingerprint density at radius 2 is 1.77 bits per heavy atom. The van der Waals surface area contributed by atoms with Gasteiger partial charge in [0.25, 0.3) is 0 Å². The molecule has 2 nitrogen and oxygen atoms in total. The van der Waals surface area contributed by atoms with Gasteiger partial charge in [-0.3, -0.25) is 4.79 Å². The highest BCUT2D eigenvalue weighted by molar-refractivity contribution is 5.81. The van der Waals surface area contributed by atoms with E-state index in [9.17, 15) is 4.79 Å². The van der Waals surface area contributed by atoms with Gasteiger partial charge >= 0.3 is 0 Å². The number of hydrogen-bond donors (Lipinski definition) is 1. The van der Waals surface area contributed by atoms with Gasteiger partial charge in [-0.25, -0.2) is 0 Å². The molecule has 1 amide bonds. The highest BCUT2D eigenvalue weighted by Crippen LogP contribution is 2.52. The first-order valence-electron chi connectivity index (χ1n) is 5.21. The molecule has 2 atom stereocenters. The van der Waals surface area contributed by atoms with Gasteiger partial charge in [0.05, 0.1) is 0 Å². The Morgan fingerprint density at radius 3 is 2.23 bits per heavy atom. The maximum absolute atomic E-state index is 11.4. The molecule has 72 valence electrons. The first-order valence-corrected chi connectivity index (χ1v) is 5.21. The fourth-order valence-electron chi connectivity index (χ4n) is 2.60. The number of carbonyl (C=O) groups excluding carboxylic acids is 1. The number of fused-ring (bicyclic) bond motifs is 1. The highest BCUT2D eigenvalue weighted by Gasteiger charge is 2.52. The monoisotopic (exact) mass is 179 g/mol. The van der Waals surface area contributed by atoms with Crippen LogP contribution in [-0.2, 0) is 4.79 Å². The Morgan fingerprint density at radius 1 is 1.23 bits per heavy atom. The molecule has 0 aromatic carbocycles. The first-order chi connectivity index (χ1) is 6.34. The molecule has 0 aromatic rings. The third-order valence-corrected chi connectivity index (χ3v) is 3.38. The molecule has 2 heteroatoms. The number of nitrogens with one attached hydrogen (secondary N) is 1. The lowest BCUT2D eigenvalue weighted by atomic mass is 10.1. The van der Waals surface area contributed by atoms with Crippen LogP contribution in [0.5, 0.6) is 0 Å². The van der Waals surface area contributed by atoms with Crippen LogP contribution < -0.4 is 5.32 Å². The van der Waals surface area contributed by atoms with Crippen molar-refractivity contribution in [3.63, 3.8) is 0 Å². The second-order valence-corrected chi connectivity index (χ2v) is 4.09. The van der Waals surface area contributed by atoms with Crippen LogP contribution in [0.1, 0.15) is 25.7 Å². The Hall–Kier alpha value is -0.790. The SMILES string of the molecule is CNC(=O)C1C2CC/C=C\CCC21. The number of rotatable bonds is 1. The number of hydrogen-bond acceptors (Lipinski definition) is 1. The van der Waals surface area contributed by atoms with Crippen LogP contribution in [0.15, 0.2) is 12.2 Å². The predicted molar refractivity (Wildman–Crippen MR) is 52.1 cm³/mol. The van der Waals surface area contributed by atoms with Gasteiger partial charge in [-0.05, 0) is 37.5 Å². The van der Waals surface area contributed by atoms with Crippen molar-refractivity contribution in [3.8, 4) is 0 Å². The second kappa shape index (κ2) is 3.52. The van der Waals surface area contributed by atoms with Crippen LogP contribution in [0.3, 0.4) is 0 Å². The standard InChI is InChI=1S/C11H17NO/c1-12-11(13)10-8-6-4-2-3-5-7-9(8)10/h2-3,8-10H,4-7H2,1H3,(H,12,13)/b3-2-. The molecular formula is C11H17NO. The summed E-state index contributed by atoms with van der Waals surface area (Å²) in [6, 6.07) is 0. The first kappa shape index (κ1) is 8.79. The molecular weight excluding hydrogens is 162 g/mol. The third-order valence-electron chi connectivity index (χ3n) is 3.38. The van der Waals surface area contributed by atoms with E-state index in [2.05, 4.69) is 17.5 Å². The minimum Gasteiger partial charge on any atom is -0.359 e. The van der Waals surface area contributed by atoms with Crippen LogP contribution in [0.4, 0.5) is 0 Å². The van der Waals surface area contributed by atoms with Crippen molar-refractivity contribution in [2.75, 3.05) is 7.05 Å². The summed E-state index contributed by atoms with van der Waals surface area (Å²) in [4.78, 5) is 11.4. The van der Waals surface area contributed by atoms with Crippen molar-refractivity contribution in [2.45, 2.75) is 25.7 Å². The average molecular weight is 179 g/mol. The van der Waals surface area contributed by atoms with Gasteiger partial charge in [0.2, 0.25) is 5.91 Å². The zero-order valence-corrected chi connectivity index (χ0v) is 8.12. The Labute approximate surface area is 79.4 Å². The topological polar surface area (TPSA) is 29.1 Å². The number of amides is 1. The van der Waals surface area contributed by atoms with Gasteiger partial charge in [0.15, 0.2) is 0 Å². The molecule has 0 radical (unpaired) electrons. The quantitative estimate of drug-likeness (QED) is 0.610. The van der Waals surface area contributed by atoms with Crippen LogP contribution in [0.2, 0.25) is 0 Å². The van der Waals surface area contributed by atoms with Gasteiger partial charge in [0.1, 0.15) is 0 Å². The molecule has 2 rings (SSSR count). The summed E-state index contributed by atoms with van der Waals surface area (Å²) < 4.78 is 0. The van der Waals surface area contributed by atoms with Crippen molar-refractivity contribution in [3.05, 3.63) is 12.2 Å². The molecule has 1 saturated carbocycles. The molecule has 0 bridgehead atoms. The van der Waals surface area contributed by atoms with Crippen LogP contribution in [-0.4, -0.2) is 13.0 Å². The minimum atomic E-state index is 0.261. The summed E-state index contributed by atoms with van der Waals surface area (Å²) in [6.45, 7) is 0. The van der Waals surface area contributed by atoms with Gasteiger partial charge in [-0.1, -0.05) is 12.2 Å². The molecule has 0 heterocycles. The summed E-state index contributed by atoms with van der Waals surface area (Å²) in [5, 5.41) is 2.76. The summed E-state index contributed by atoms with van der Waals surface area (Å²) >= 11 is 0. The van der Waals surface area contributed by atoms with E-state index in [4.69, 9.17) is 0 Å². The largest absolute Gasteiger partial charge is 0.359 e. The predicted octanol–water partition coefficient (Wildman–Crippen LogP) is 1.72. The molecule has 13 heavy (non-hydrogen) atoms.